The Morgan fingerprint density at radius 1 is 1.11 bits per heavy atom. The third-order valence-corrected chi connectivity index (χ3v) is 8.81. The van der Waals surface area contributed by atoms with Gasteiger partial charge in [-0.2, -0.15) is 0 Å². The van der Waals surface area contributed by atoms with E-state index in [1.54, 1.807) is 36.4 Å². The molecule has 0 bridgehead atoms. The Kier molecular flexibility index (Phi) is 6.94. The number of carbonyl (C=O) groups excluding carboxylic acids is 2. The number of benzene rings is 3. The first-order valence-electron chi connectivity index (χ1n) is 11.9. The molecule has 1 unspecified atom stereocenters. The minimum atomic E-state index is -3.84. The summed E-state index contributed by atoms with van der Waals surface area (Å²) in [7, 11) is -3.84. The maximum Gasteiger partial charge on any atom is 0.234 e. The van der Waals surface area contributed by atoms with E-state index in [4.69, 9.17) is 4.74 Å². The molecule has 3 aromatic carbocycles. The fourth-order valence-electron chi connectivity index (χ4n) is 4.28. The number of aromatic nitrogens is 1. The molecule has 0 saturated heterocycles. The van der Waals surface area contributed by atoms with Crippen LogP contribution in [0.4, 0.5) is 10.8 Å². The third kappa shape index (κ3) is 5.50. The van der Waals surface area contributed by atoms with Crippen LogP contribution in [-0.2, 0) is 25.8 Å². The Balaban J connectivity index is 1.42. The number of nitrogens with one attached hydrogen (secondary N) is 2. The van der Waals surface area contributed by atoms with E-state index in [1.165, 1.54) is 17.4 Å². The van der Waals surface area contributed by atoms with Gasteiger partial charge in [-0.15, -0.1) is 0 Å². The lowest BCUT2D eigenvalue weighted by molar-refractivity contribution is -0.117. The lowest BCUT2D eigenvalue weighted by Crippen LogP contribution is -2.28. The van der Waals surface area contributed by atoms with Gasteiger partial charge in [-0.1, -0.05) is 41.7 Å². The van der Waals surface area contributed by atoms with Gasteiger partial charge in [0.1, 0.15) is 5.75 Å². The van der Waals surface area contributed by atoms with Crippen LogP contribution in [0.5, 0.6) is 5.75 Å². The SMILES string of the molecule is CCOc1ccc2nc(NC(=O)C(CS(=O)(=O)c3ccc4c(c3)CCC(=O)N4)c3ccccc3)sc2c1. The number of amides is 2. The Morgan fingerprint density at radius 2 is 1.92 bits per heavy atom. The van der Waals surface area contributed by atoms with Gasteiger partial charge >= 0.3 is 0 Å². The van der Waals surface area contributed by atoms with Gasteiger partial charge in [0.05, 0.1) is 33.4 Å². The van der Waals surface area contributed by atoms with Gasteiger partial charge in [0, 0.05) is 12.1 Å². The minimum absolute atomic E-state index is 0.0899. The number of nitrogens with zero attached hydrogens (tertiary/aromatic N) is 1. The summed E-state index contributed by atoms with van der Waals surface area (Å²) in [6, 6.07) is 19.0. The highest BCUT2D eigenvalue weighted by molar-refractivity contribution is 7.91. The predicted molar refractivity (Wildman–Crippen MR) is 144 cm³/mol. The van der Waals surface area contributed by atoms with Crippen LogP contribution in [0.2, 0.25) is 0 Å². The molecule has 1 aromatic heterocycles. The van der Waals surface area contributed by atoms with E-state index in [0.29, 0.717) is 41.3 Å². The molecule has 10 heteroatoms. The quantitative estimate of drug-likeness (QED) is 0.336. The van der Waals surface area contributed by atoms with Crippen molar-refractivity contribution in [1.29, 1.82) is 0 Å². The molecule has 0 saturated carbocycles. The number of carbonyl (C=O) groups is 2. The Bertz CT molecular complexity index is 1580. The van der Waals surface area contributed by atoms with Crippen molar-refractivity contribution in [3.63, 3.8) is 0 Å². The smallest absolute Gasteiger partial charge is 0.234 e. The number of ether oxygens (including phenoxy) is 1. The lowest BCUT2D eigenvalue weighted by atomic mass is 10.0. The predicted octanol–water partition coefficient (Wildman–Crippen LogP) is 4.78. The zero-order valence-corrected chi connectivity index (χ0v) is 21.7. The fraction of sp³-hybridized carbons (Fsp3) is 0.222. The van der Waals surface area contributed by atoms with E-state index in [9.17, 15) is 18.0 Å². The highest BCUT2D eigenvalue weighted by Gasteiger charge is 2.30. The monoisotopic (exact) mass is 535 g/mol. The van der Waals surface area contributed by atoms with Crippen molar-refractivity contribution < 1.29 is 22.7 Å². The van der Waals surface area contributed by atoms with E-state index in [0.717, 1.165) is 16.0 Å². The molecule has 1 aliphatic heterocycles. The molecule has 190 valence electrons. The van der Waals surface area contributed by atoms with E-state index in [-0.39, 0.29) is 10.8 Å². The minimum Gasteiger partial charge on any atom is -0.494 e. The number of hydrogen-bond acceptors (Lipinski definition) is 7. The fourth-order valence-corrected chi connectivity index (χ4v) is 6.75. The van der Waals surface area contributed by atoms with Crippen LogP contribution in [0.25, 0.3) is 10.2 Å². The molecule has 2 N–H and O–H groups in total. The Hall–Kier alpha value is -3.76. The summed E-state index contributed by atoms with van der Waals surface area (Å²) in [5, 5.41) is 5.97. The molecule has 1 aliphatic rings. The van der Waals surface area contributed by atoms with Crippen molar-refractivity contribution in [3.05, 3.63) is 77.9 Å². The molecule has 8 nitrogen and oxygen atoms in total. The van der Waals surface area contributed by atoms with Crippen molar-refractivity contribution >= 4 is 54.0 Å². The van der Waals surface area contributed by atoms with Gasteiger partial charge in [0.25, 0.3) is 0 Å². The van der Waals surface area contributed by atoms with Crippen molar-refractivity contribution in [2.45, 2.75) is 30.6 Å². The highest BCUT2D eigenvalue weighted by Crippen LogP contribution is 2.32. The van der Waals surface area contributed by atoms with Crippen LogP contribution in [0.15, 0.2) is 71.6 Å². The first-order valence-corrected chi connectivity index (χ1v) is 14.3. The molecule has 4 aromatic rings. The second kappa shape index (κ2) is 10.3. The third-order valence-electron chi connectivity index (χ3n) is 6.14. The van der Waals surface area contributed by atoms with Crippen LogP contribution in [0.1, 0.15) is 30.4 Å². The number of hydrogen-bond donors (Lipinski definition) is 2. The molecule has 37 heavy (non-hydrogen) atoms. The Labute approximate surface area is 218 Å². The molecule has 0 radical (unpaired) electrons. The number of rotatable bonds is 8. The molecule has 5 rings (SSSR count). The first kappa shape index (κ1) is 24.9. The van der Waals surface area contributed by atoms with Crippen molar-refractivity contribution in [3.8, 4) is 5.75 Å². The number of sulfone groups is 1. The number of aryl methyl sites for hydroxylation is 1. The zero-order valence-electron chi connectivity index (χ0n) is 20.1. The van der Waals surface area contributed by atoms with Gasteiger partial charge in [-0.05, 0) is 60.9 Å². The number of anilines is 2. The summed E-state index contributed by atoms with van der Waals surface area (Å²) in [4.78, 5) is 29.7. The van der Waals surface area contributed by atoms with Gasteiger partial charge in [0.2, 0.25) is 11.8 Å². The van der Waals surface area contributed by atoms with Crippen molar-refractivity contribution in [1.82, 2.24) is 4.98 Å². The number of fused-ring (bicyclic) bond motifs is 2. The number of thiazole rings is 1. The summed E-state index contributed by atoms with van der Waals surface area (Å²) in [6.07, 6.45) is 0.773. The molecule has 0 spiro atoms. The average Bonchev–Trinajstić information content (AvgIpc) is 3.29. The van der Waals surface area contributed by atoms with Gasteiger partial charge in [-0.25, -0.2) is 13.4 Å². The maximum atomic E-state index is 13.5. The topological polar surface area (TPSA) is 114 Å². The van der Waals surface area contributed by atoms with E-state index in [1.807, 2.05) is 31.2 Å². The standard InChI is InChI=1S/C27H25N3O5S2/c1-2-35-19-9-11-23-24(15-19)36-27(29-23)30-26(32)21(17-6-4-3-5-7-17)16-37(33,34)20-10-12-22-18(14-20)8-13-25(31)28-22/h3-7,9-12,14-15,21H,2,8,13,16H2,1H3,(H,28,31)(H,29,30,32). The second-order valence-electron chi connectivity index (χ2n) is 8.68. The first-order chi connectivity index (χ1) is 17.8. The van der Waals surface area contributed by atoms with E-state index < -0.39 is 27.4 Å². The summed E-state index contributed by atoms with van der Waals surface area (Å²) < 4.78 is 33.3. The molecular weight excluding hydrogens is 510 g/mol. The van der Waals surface area contributed by atoms with E-state index in [2.05, 4.69) is 15.6 Å². The highest BCUT2D eigenvalue weighted by atomic mass is 32.2. The van der Waals surface area contributed by atoms with Crippen molar-refractivity contribution in [2.24, 2.45) is 0 Å². The molecular formula is C27H25N3O5S2. The molecule has 0 aliphatic carbocycles. The van der Waals surface area contributed by atoms with Crippen LogP contribution >= 0.6 is 11.3 Å². The maximum absolute atomic E-state index is 13.5. The van der Waals surface area contributed by atoms with Crippen molar-refractivity contribution in [2.75, 3.05) is 23.0 Å². The van der Waals surface area contributed by atoms with Gasteiger partial charge in [-0.3, -0.25) is 9.59 Å². The van der Waals surface area contributed by atoms with Gasteiger partial charge < -0.3 is 15.4 Å². The normalized spacial score (nSPS) is 14.0. The summed E-state index contributed by atoms with van der Waals surface area (Å²) >= 11 is 1.30. The summed E-state index contributed by atoms with van der Waals surface area (Å²) in [6.45, 7) is 2.45. The van der Waals surface area contributed by atoms with Gasteiger partial charge in [0.15, 0.2) is 15.0 Å². The molecule has 1 atom stereocenters. The van der Waals surface area contributed by atoms with E-state index >= 15 is 0 Å². The molecule has 2 amide bonds. The van der Waals surface area contributed by atoms with Crippen LogP contribution in [0, 0.1) is 0 Å². The average molecular weight is 536 g/mol. The molecule has 2 heterocycles. The molecule has 0 fully saturated rings. The summed E-state index contributed by atoms with van der Waals surface area (Å²) in [5.74, 6) is -1.19. The van der Waals surface area contributed by atoms with Crippen LogP contribution in [0.3, 0.4) is 0 Å². The zero-order chi connectivity index (χ0) is 26.0. The Morgan fingerprint density at radius 3 is 2.70 bits per heavy atom. The summed E-state index contributed by atoms with van der Waals surface area (Å²) in [5.41, 5.74) is 2.69. The largest absolute Gasteiger partial charge is 0.494 e. The second-order valence-corrected chi connectivity index (χ2v) is 11.7. The lowest BCUT2D eigenvalue weighted by Gasteiger charge is -2.19. The van der Waals surface area contributed by atoms with Crippen LogP contribution in [-0.4, -0.2) is 37.6 Å². The van der Waals surface area contributed by atoms with Crippen LogP contribution < -0.4 is 15.4 Å².